The van der Waals surface area contributed by atoms with Crippen LogP contribution in [0.3, 0.4) is 0 Å². The molecule has 0 bridgehead atoms. The van der Waals surface area contributed by atoms with Crippen LogP contribution in [0, 0.1) is 0 Å². The molecule has 21 heavy (non-hydrogen) atoms. The topological polar surface area (TPSA) is 94.1 Å². The monoisotopic (exact) mass is 297 g/mol. The molecule has 0 aromatic heterocycles. The van der Waals surface area contributed by atoms with Crippen molar-refractivity contribution in [2.24, 2.45) is 0 Å². The van der Waals surface area contributed by atoms with Crippen LogP contribution < -0.4 is 10.6 Å². The van der Waals surface area contributed by atoms with Gasteiger partial charge in [-0.25, -0.2) is 4.79 Å². The zero-order valence-electron chi connectivity index (χ0n) is 12.5. The average Bonchev–Trinajstić information content (AvgIpc) is 2.43. The SMILES string of the molecule is CN(C)C(O)CNC(C)(O)OC(=O)NCc1ccccc1. The second-order valence-corrected chi connectivity index (χ2v) is 5.04. The number of carbonyl (C=O) groups excluding carboxylic acids is 1. The van der Waals surface area contributed by atoms with Gasteiger partial charge in [0.1, 0.15) is 6.23 Å². The van der Waals surface area contributed by atoms with Crippen LogP contribution in [0.15, 0.2) is 30.3 Å². The molecule has 118 valence electrons. The number of hydrogen-bond acceptors (Lipinski definition) is 6. The van der Waals surface area contributed by atoms with Gasteiger partial charge in [-0.15, -0.1) is 0 Å². The van der Waals surface area contributed by atoms with Crippen molar-refractivity contribution >= 4 is 6.09 Å². The second kappa shape index (κ2) is 7.94. The summed E-state index contributed by atoms with van der Waals surface area (Å²) in [5.41, 5.74) is 0.921. The Balaban J connectivity index is 2.35. The molecule has 7 nitrogen and oxygen atoms in total. The van der Waals surface area contributed by atoms with Crippen molar-refractivity contribution < 1.29 is 19.7 Å². The third-order valence-electron chi connectivity index (χ3n) is 2.78. The molecule has 0 aliphatic carbocycles. The fraction of sp³-hybridized carbons (Fsp3) is 0.500. The number of likely N-dealkylation sites (N-methyl/N-ethyl adjacent to an activating group) is 1. The van der Waals surface area contributed by atoms with Crippen LogP contribution in [0.4, 0.5) is 4.79 Å². The molecule has 0 heterocycles. The van der Waals surface area contributed by atoms with Gasteiger partial charge in [0.15, 0.2) is 0 Å². The number of hydrogen-bond donors (Lipinski definition) is 4. The van der Waals surface area contributed by atoms with E-state index < -0.39 is 18.2 Å². The Labute approximate surface area is 124 Å². The summed E-state index contributed by atoms with van der Waals surface area (Å²) in [6.07, 6.45) is -1.55. The quantitative estimate of drug-likeness (QED) is 0.531. The molecule has 0 radical (unpaired) electrons. The number of ether oxygens (including phenoxy) is 1. The summed E-state index contributed by atoms with van der Waals surface area (Å²) in [6, 6.07) is 9.34. The lowest BCUT2D eigenvalue weighted by Crippen LogP contribution is -2.52. The minimum absolute atomic E-state index is 0.0476. The Hall–Kier alpha value is -1.67. The van der Waals surface area contributed by atoms with E-state index in [1.165, 1.54) is 6.92 Å². The molecule has 0 fully saturated rings. The lowest BCUT2D eigenvalue weighted by molar-refractivity contribution is -0.176. The summed E-state index contributed by atoms with van der Waals surface area (Å²) in [5.74, 6) is -1.86. The number of nitrogens with zero attached hydrogens (tertiary/aromatic N) is 1. The Morgan fingerprint density at radius 1 is 1.38 bits per heavy atom. The van der Waals surface area contributed by atoms with E-state index in [-0.39, 0.29) is 6.54 Å². The van der Waals surface area contributed by atoms with Crippen LogP contribution in [-0.4, -0.2) is 54.0 Å². The highest BCUT2D eigenvalue weighted by atomic mass is 16.7. The molecule has 7 heteroatoms. The first-order valence-corrected chi connectivity index (χ1v) is 6.63. The average molecular weight is 297 g/mol. The molecule has 2 unspecified atom stereocenters. The van der Waals surface area contributed by atoms with E-state index in [9.17, 15) is 15.0 Å². The highest BCUT2D eigenvalue weighted by molar-refractivity contribution is 5.67. The highest BCUT2D eigenvalue weighted by Gasteiger charge is 2.26. The van der Waals surface area contributed by atoms with Gasteiger partial charge in [0, 0.05) is 20.0 Å². The van der Waals surface area contributed by atoms with Gasteiger partial charge in [-0.3, -0.25) is 10.2 Å². The van der Waals surface area contributed by atoms with E-state index >= 15 is 0 Å². The van der Waals surface area contributed by atoms with Crippen molar-refractivity contribution in [3.8, 4) is 0 Å². The molecule has 0 aliphatic rings. The fourth-order valence-electron chi connectivity index (χ4n) is 1.49. The van der Waals surface area contributed by atoms with E-state index in [0.717, 1.165) is 5.56 Å². The largest absolute Gasteiger partial charge is 0.410 e. The fourth-order valence-corrected chi connectivity index (χ4v) is 1.49. The standard InChI is InChI=1S/C14H23N3O4/c1-14(20,16-10-12(18)17(2)3)21-13(19)15-9-11-7-5-4-6-8-11/h4-8,12,16,18,20H,9-10H2,1-3H3,(H,15,19). The van der Waals surface area contributed by atoms with Gasteiger partial charge >= 0.3 is 6.09 Å². The predicted octanol–water partition coefficient (Wildman–Crippen LogP) is 0.0484. The van der Waals surface area contributed by atoms with Crippen molar-refractivity contribution in [3.63, 3.8) is 0 Å². The number of carbonyl (C=O) groups is 1. The molecular weight excluding hydrogens is 274 g/mol. The van der Waals surface area contributed by atoms with Crippen LogP contribution in [0.5, 0.6) is 0 Å². The summed E-state index contributed by atoms with van der Waals surface area (Å²) in [5, 5.41) is 24.5. The second-order valence-electron chi connectivity index (χ2n) is 5.04. The van der Waals surface area contributed by atoms with Crippen molar-refractivity contribution in [1.82, 2.24) is 15.5 Å². The van der Waals surface area contributed by atoms with E-state index in [1.807, 2.05) is 30.3 Å². The van der Waals surface area contributed by atoms with Gasteiger partial charge in [0.2, 0.25) is 0 Å². The van der Waals surface area contributed by atoms with Gasteiger partial charge < -0.3 is 20.3 Å². The normalized spacial score (nSPS) is 15.3. The Bertz CT molecular complexity index is 437. The Kier molecular flexibility index (Phi) is 6.57. The van der Waals surface area contributed by atoms with Crippen LogP contribution in [0.25, 0.3) is 0 Å². The molecule has 0 saturated carbocycles. The van der Waals surface area contributed by atoms with E-state index in [0.29, 0.717) is 6.54 Å². The van der Waals surface area contributed by atoms with Gasteiger partial charge in [0.05, 0.1) is 0 Å². The maximum atomic E-state index is 11.6. The summed E-state index contributed by atoms with van der Waals surface area (Å²) in [4.78, 5) is 13.2. The zero-order valence-corrected chi connectivity index (χ0v) is 12.5. The molecule has 0 spiro atoms. The number of amides is 1. The van der Waals surface area contributed by atoms with Crippen molar-refractivity contribution in [2.45, 2.75) is 25.6 Å². The third-order valence-corrected chi connectivity index (χ3v) is 2.78. The van der Waals surface area contributed by atoms with E-state index in [4.69, 9.17) is 4.74 Å². The van der Waals surface area contributed by atoms with Crippen LogP contribution in [0.1, 0.15) is 12.5 Å². The van der Waals surface area contributed by atoms with Crippen molar-refractivity contribution in [1.29, 1.82) is 0 Å². The van der Waals surface area contributed by atoms with Crippen LogP contribution in [0.2, 0.25) is 0 Å². The molecule has 4 N–H and O–H groups in total. The molecule has 2 atom stereocenters. The number of rotatable bonds is 7. The molecule has 0 aliphatic heterocycles. The molecular formula is C14H23N3O4. The van der Waals surface area contributed by atoms with Crippen molar-refractivity contribution in [2.75, 3.05) is 20.6 Å². The van der Waals surface area contributed by atoms with Gasteiger partial charge in [-0.1, -0.05) is 30.3 Å². The number of aliphatic hydroxyl groups is 2. The van der Waals surface area contributed by atoms with Gasteiger partial charge in [-0.2, -0.15) is 0 Å². The number of aliphatic hydroxyl groups excluding tert-OH is 1. The predicted molar refractivity (Wildman–Crippen MR) is 78.1 cm³/mol. The van der Waals surface area contributed by atoms with Crippen LogP contribution in [-0.2, 0) is 11.3 Å². The molecule has 1 rings (SSSR count). The first-order chi connectivity index (χ1) is 9.80. The summed E-state index contributed by atoms with van der Waals surface area (Å²) in [6.45, 7) is 1.64. The lowest BCUT2D eigenvalue weighted by atomic mass is 10.2. The number of nitrogens with one attached hydrogen (secondary N) is 2. The Morgan fingerprint density at radius 3 is 2.57 bits per heavy atom. The smallest absolute Gasteiger partial charge is 0.403 e. The summed E-state index contributed by atoms with van der Waals surface area (Å²) < 4.78 is 4.85. The van der Waals surface area contributed by atoms with Gasteiger partial charge in [-0.05, 0) is 19.7 Å². The van der Waals surface area contributed by atoms with E-state index in [2.05, 4.69) is 10.6 Å². The first kappa shape index (κ1) is 17.4. The third kappa shape index (κ3) is 7.05. The molecule has 0 saturated heterocycles. The zero-order chi connectivity index (χ0) is 15.9. The van der Waals surface area contributed by atoms with Crippen molar-refractivity contribution in [3.05, 3.63) is 35.9 Å². The maximum absolute atomic E-state index is 11.6. The summed E-state index contributed by atoms with van der Waals surface area (Å²) >= 11 is 0. The highest BCUT2D eigenvalue weighted by Crippen LogP contribution is 2.03. The molecule has 1 aromatic carbocycles. The van der Waals surface area contributed by atoms with Gasteiger partial charge in [0.25, 0.3) is 5.91 Å². The number of alkyl carbamates (subject to hydrolysis) is 1. The maximum Gasteiger partial charge on any atom is 0.410 e. The number of benzene rings is 1. The van der Waals surface area contributed by atoms with Crippen LogP contribution >= 0.6 is 0 Å². The first-order valence-electron chi connectivity index (χ1n) is 6.63. The molecule has 1 aromatic rings. The Morgan fingerprint density at radius 2 is 2.00 bits per heavy atom. The minimum Gasteiger partial charge on any atom is -0.403 e. The summed E-state index contributed by atoms with van der Waals surface area (Å²) in [7, 11) is 3.38. The van der Waals surface area contributed by atoms with E-state index in [1.54, 1.807) is 19.0 Å². The lowest BCUT2D eigenvalue weighted by Gasteiger charge is -2.27. The molecule has 1 amide bonds. The minimum atomic E-state index is -1.86.